The lowest BCUT2D eigenvalue weighted by molar-refractivity contribution is -0.137. The van der Waals surface area contributed by atoms with Crippen molar-refractivity contribution in [3.05, 3.63) is 57.2 Å². The van der Waals surface area contributed by atoms with E-state index in [-0.39, 0.29) is 12.0 Å². The van der Waals surface area contributed by atoms with E-state index in [4.69, 9.17) is 18.0 Å². The molecule has 1 N–H and O–H groups in total. The summed E-state index contributed by atoms with van der Waals surface area (Å²) in [6, 6.07) is 9.97. The molecule has 108 valence electrons. The Bertz CT molecular complexity index is 1030. The Hall–Kier alpha value is -2.77. The van der Waals surface area contributed by atoms with Gasteiger partial charge < -0.3 is 9.67 Å². The van der Waals surface area contributed by atoms with Gasteiger partial charge in [-0.05, 0) is 24.3 Å². The third-order valence-corrected chi connectivity index (χ3v) is 3.83. The first-order valence-electron chi connectivity index (χ1n) is 6.46. The summed E-state index contributed by atoms with van der Waals surface area (Å²) in [6.45, 7) is -0.313. The van der Waals surface area contributed by atoms with E-state index in [1.54, 1.807) is 36.4 Å². The zero-order valence-electron chi connectivity index (χ0n) is 11.3. The molecule has 0 aliphatic heterocycles. The largest absolute Gasteiger partial charge is 0.480 e. The number of aliphatic carboxylic acids is 1. The normalized spacial score (nSPS) is 10.7. The van der Waals surface area contributed by atoms with Crippen LogP contribution in [0.25, 0.3) is 21.8 Å². The lowest BCUT2D eigenvalue weighted by Gasteiger charge is -2.15. The molecular formula is C17H10ClNO3. The zero-order valence-corrected chi connectivity index (χ0v) is 12.1. The number of nitrogens with zero attached hydrogens (tertiary/aromatic N) is 1. The van der Waals surface area contributed by atoms with Gasteiger partial charge in [-0.25, -0.2) is 0 Å². The van der Waals surface area contributed by atoms with E-state index in [9.17, 15) is 14.7 Å². The fourth-order valence-corrected chi connectivity index (χ4v) is 2.84. The molecule has 0 aliphatic carbocycles. The number of benzene rings is 2. The number of halogens is 1. The Morgan fingerprint density at radius 3 is 2.64 bits per heavy atom. The summed E-state index contributed by atoms with van der Waals surface area (Å²) in [5.74, 6) is 1.43. The van der Waals surface area contributed by atoms with Gasteiger partial charge in [-0.3, -0.25) is 9.59 Å². The summed E-state index contributed by atoms with van der Waals surface area (Å²) < 4.78 is 1.52. The average Bonchev–Trinajstić information content (AvgIpc) is 2.51. The molecule has 0 aliphatic rings. The molecule has 1 heterocycles. The predicted octanol–water partition coefficient (Wildman–Crippen LogP) is 2.87. The maximum absolute atomic E-state index is 12.6. The van der Waals surface area contributed by atoms with Gasteiger partial charge in [-0.2, -0.15) is 0 Å². The number of rotatable bonds is 2. The van der Waals surface area contributed by atoms with E-state index in [1.807, 2.05) is 0 Å². The number of carboxylic acid groups (broad SMARTS) is 1. The molecule has 2 aromatic carbocycles. The van der Waals surface area contributed by atoms with Crippen LogP contribution in [0.4, 0.5) is 0 Å². The second-order valence-electron chi connectivity index (χ2n) is 4.79. The van der Waals surface area contributed by atoms with Crippen LogP contribution in [0, 0.1) is 12.3 Å². The quantitative estimate of drug-likeness (QED) is 0.585. The summed E-state index contributed by atoms with van der Waals surface area (Å²) in [5, 5.41) is 10.3. The van der Waals surface area contributed by atoms with Crippen LogP contribution in [0.5, 0.6) is 0 Å². The van der Waals surface area contributed by atoms with Crippen LogP contribution in [-0.4, -0.2) is 15.6 Å². The summed E-state index contributed by atoms with van der Waals surface area (Å²) in [6.07, 6.45) is 5.51. The fraction of sp³-hybridized carbons (Fsp3) is 0.0588. The average molecular weight is 312 g/mol. The highest BCUT2D eigenvalue weighted by Crippen LogP contribution is 2.27. The number of fused-ring (bicyclic) bond motifs is 2. The Labute approximate surface area is 130 Å². The van der Waals surface area contributed by atoms with E-state index in [0.29, 0.717) is 32.4 Å². The highest BCUT2D eigenvalue weighted by Gasteiger charge is 2.16. The van der Waals surface area contributed by atoms with Crippen molar-refractivity contribution in [2.24, 2.45) is 0 Å². The number of para-hydroxylation sites is 1. The van der Waals surface area contributed by atoms with Crippen LogP contribution in [0.15, 0.2) is 41.2 Å². The van der Waals surface area contributed by atoms with Gasteiger partial charge in [-0.15, -0.1) is 6.42 Å². The number of carboxylic acids is 1. The Morgan fingerprint density at radius 1 is 1.23 bits per heavy atom. The van der Waals surface area contributed by atoms with Crippen molar-refractivity contribution >= 4 is 39.4 Å². The SMILES string of the molecule is C#Cc1c(Cl)ccc2c(=O)c3ccccc3n(CC(=O)O)c12. The Morgan fingerprint density at radius 2 is 1.95 bits per heavy atom. The lowest BCUT2D eigenvalue weighted by Crippen LogP contribution is -2.16. The molecule has 0 fully saturated rings. The molecule has 5 heteroatoms. The van der Waals surface area contributed by atoms with Crippen molar-refractivity contribution in [1.29, 1.82) is 0 Å². The van der Waals surface area contributed by atoms with Crippen molar-refractivity contribution in [3.63, 3.8) is 0 Å². The van der Waals surface area contributed by atoms with Crippen molar-refractivity contribution < 1.29 is 9.90 Å². The molecule has 4 nitrogen and oxygen atoms in total. The van der Waals surface area contributed by atoms with E-state index >= 15 is 0 Å². The molecule has 1 aromatic heterocycles. The number of hydrogen-bond donors (Lipinski definition) is 1. The Kier molecular flexibility index (Phi) is 3.36. The van der Waals surface area contributed by atoms with E-state index < -0.39 is 5.97 Å². The minimum Gasteiger partial charge on any atom is -0.480 e. The minimum absolute atomic E-state index is 0.194. The second-order valence-corrected chi connectivity index (χ2v) is 5.20. The first-order valence-corrected chi connectivity index (χ1v) is 6.84. The summed E-state index contributed by atoms with van der Waals surface area (Å²) >= 11 is 6.11. The topological polar surface area (TPSA) is 59.3 Å². The highest BCUT2D eigenvalue weighted by molar-refractivity contribution is 6.32. The van der Waals surface area contributed by atoms with Crippen molar-refractivity contribution in [1.82, 2.24) is 4.57 Å². The number of terminal acetylenes is 1. The van der Waals surface area contributed by atoms with Crippen molar-refractivity contribution in [3.8, 4) is 12.3 Å². The van der Waals surface area contributed by atoms with Gasteiger partial charge in [0.2, 0.25) is 0 Å². The molecule has 0 radical (unpaired) electrons. The predicted molar refractivity (Wildman–Crippen MR) is 86.3 cm³/mol. The summed E-state index contributed by atoms with van der Waals surface area (Å²) in [5.41, 5.74) is 1.02. The van der Waals surface area contributed by atoms with Crippen LogP contribution < -0.4 is 5.43 Å². The van der Waals surface area contributed by atoms with Gasteiger partial charge in [-0.1, -0.05) is 29.7 Å². The third kappa shape index (κ3) is 2.03. The number of pyridine rings is 1. The molecule has 0 saturated heterocycles. The number of aromatic nitrogens is 1. The van der Waals surface area contributed by atoms with Gasteiger partial charge in [0, 0.05) is 10.8 Å². The van der Waals surface area contributed by atoms with Crippen LogP contribution in [0.3, 0.4) is 0 Å². The van der Waals surface area contributed by atoms with Gasteiger partial charge in [0.25, 0.3) is 0 Å². The molecule has 3 rings (SSSR count). The molecule has 0 saturated carbocycles. The van der Waals surface area contributed by atoms with E-state index in [0.717, 1.165) is 0 Å². The summed E-state index contributed by atoms with van der Waals surface area (Å²) in [7, 11) is 0. The molecular weight excluding hydrogens is 302 g/mol. The van der Waals surface area contributed by atoms with E-state index in [1.165, 1.54) is 4.57 Å². The highest BCUT2D eigenvalue weighted by atomic mass is 35.5. The molecule has 22 heavy (non-hydrogen) atoms. The van der Waals surface area contributed by atoms with Crippen LogP contribution >= 0.6 is 11.6 Å². The monoisotopic (exact) mass is 311 g/mol. The smallest absolute Gasteiger partial charge is 0.323 e. The van der Waals surface area contributed by atoms with Crippen molar-refractivity contribution in [2.45, 2.75) is 6.54 Å². The molecule has 0 bridgehead atoms. The van der Waals surface area contributed by atoms with Crippen LogP contribution in [0.2, 0.25) is 5.02 Å². The molecule has 3 aromatic rings. The molecule has 0 amide bonds. The van der Waals surface area contributed by atoms with Gasteiger partial charge in [0.05, 0.1) is 21.6 Å². The summed E-state index contributed by atoms with van der Waals surface area (Å²) in [4.78, 5) is 23.9. The Balaban J connectivity index is 2.66. The fourth-order valence-electron chi connectivity index (χ4n) is 2.63. The maximum Gasteiger partial charge on any atom is 0.323 e. The number of hydrogen-bond acceptors (Lipinski definition) is 2. The molecule has 0 spiro atoms. The maximum atomic E-state index is 12.6. The molecule has 0 unspecified atom stereocenters. The van der Waals surface area contributed by atoms with E-state index in [2.05, 4.69) is 5.92 Å². The van der Waals surface area contributed by atoms with Gasteiger partial charge in [0.15, 0.2) is 5.43 Å². The first kappa shape index (κ1) is 14.2. The van der Waals surface area contributed by atoms with Crippen molar-refractivity contribution in [2.75, 3.05) is 0 Å². The first-order chi connectivity index (χ1) is 10.5. The van der Waals surface area contributed by atoms with Crippen LogP contribution in [0.1, 0.15) is 5.56 Å². The standard InChI is InChI=1S/C17H10ClNO3/c1-2-10-13(18)8-7-12-16(10)19(9-15(20)21)14-6-4-3-5-11(14)17(12)22/h1,3-8H,9H2,(H,20,21). The molecule has 0 atom stereocenters. The zero-order chi connectivity index (χ0) is 15.9. The minimum atomic E-state index is -1.03. The van der Waals surface area contributed by atoms with Crippen LogP contribution in [-0.2, 0) is 11.3 Å². The van der Waals surface area contributed by atoms with Gasteiger partial charge in [0.1, 0.15) is 6.54 Å². The number of carbonyl (C=O) groups is 1. The lowest BCUT2D eigenvalue weighted by atomic mass is 10.1. The second kappa shape index (κ2) is 5.21. The third-order valence-electron chi connectivity index (χ3n) is 3.52. The van der Waals surface area contributed by atoms with Gasteiger partial charge >= 0.3 is 5.97 Å².